The van der Waals surface area contributed by atoms with E-state index in [4.69, 9.17) is 10.8 Å². The third-order valence-corrected chi connectivity index (χ3v) is 2.62. The van der Waals surface area contributed by atoms with Crippen molar-refractivity contribution in [2.24, 2.45) is 11.7 Å². The first-order chi connectivity index (χ1) is 7.40. The minimum atomic E-state index is -1.80. The number of rotatable bonds is 4. The van der Waals surface area contributed by atoms with Gasteiger partial charge in [-0.3, -0.25) is 4.79 Å². The van der Waals surface area contributed by atoms with E-state index in [1.165, 1.54) is 0 Å². The Bertz CT molecular complexity index is 296. The number of hydrogen-bond acceptors (Lipinski definition) is 2. The zero-order valence-electron chi connectivity index (χ0n) is 8.57. The van der Waals surface area contributed by atoms with Crippen molar-refractivity contribution in [1.82, 2.24) is 0 Å². The number of halogens is 3. The highest BCUT2D eigenvalue weighted by molar-refractivity contribution is 5.67. The number of aliphatic carboxylic acids is 1. The smallest absolute Gasteiger partial charge is 0.304 e. The van der Waals surface area contributed by atoms with Gasteiger partial charge < -0.3 is 10.8 Å². The average molecular weight is 237 g/mol. The first-order valence-electron chi connectivity index (χ1n) is 5.03. The van der Waals surface area contributed by atoms with Crippen LogP contribution < -0.4 is 5.73 Å². The van der Waals surface area contributed by atoms with E-state index in [1.54, 1.807) is 0 Å². The monoisotopic (exact) mass is 237 g/mol. The summed E-state index contributed by atoms with van der Waals surface area (Å²) in [6.07, 6.45) is -3.33. The van der Waals surface area contributed by atoms with E-state index in [0.717, 1.165) is 0 Å². The number of carbonyl (C=O) groups is 1. The molecule has 0 aromatic rings. The molecule has 0 amide bonds. The third kappa shape index (κ3) is 3.52. The Kier molecular flexibility index (Phi) is 4.35. The van der Waals surface area contributed by atoms with Crippen LogP contribution >= 0.6 is 0 Å². The first kappa shape index (κ1) is 13.0. The number of alkyl halides is 2. The zero-order chi connectivity index (χ0) is 12.3. The van der Waals surface area contributed by atoms with Gasteiger partial charge in [0.1, 0.15) is 12.0 Å². The molecule has 0 aromatic carbocycles. The molecule has 0 aliphatic heterocycles. The molecule has 0 spiro atoms. The fourth-order valence-electron chi connectivity index (χ4n) is 1.82. The summed E-state index contributed by atoms with van der Waals surface area (Å²) in [7, 11) is 0. The van der Waals surface area contributed by atoms with Crippen molar-refractivity contribution in [1.29, 1.82) is 0 Å². The molecule has 1 rings (SSSR count). The summed E-state index contributed by atoms with van der Waals surface area (Å²) in [5.74, 6) is -2.92. The maximum Gasteiger partial charge on any atom is 0.304 e. The predicted molar refractivity (Wildman–Crippen MR) is 51.9 cm³/mol. The number of hydrogen-bond donors (Lipinski definition) is 2. The Balaban J connectivity index is 2.52. The molecule has 1 aliphatic carbocycles. The van der Waals surface area contributed by atoms with E-state index >= 15 is 0 Å². The largest absolute Gasteiger partial charge is 0.481 e. The van der Waals surface area contributed by atoms with Gasteiger partial charge in [-0.15, -0.1) is 0 Å². The van der Waals surface area contributed by atoms with Gasteiger partial charge in [-0.2, -0.15) is 0 Å². The van der Waals surface area contributed by atoms with Gasteiger partial charge in [-0.25, -0.2) is 13.2 Å². The van der Waals surface area contributed by atoms with Gasteiger partial charge in [-0.05, 0) is 24.8 Å². The number of nitrogens with two attached hydrogens (primary N) is 1. The van der Waals surface area contributed by atoms with Gasteiger partial charge in [0.2, 0.25) is 0 Å². The molecule has 3 N–H and O–H groups in total. The van der Waals surface area contributed by atoms with Crippen molar-refractivity contribution >= 4 is 5.97 Å². The van der Waals surface area contributed by atoms with Crippen LogP contribution in [0.4, 0.5) is 13.2 Å². The molecule has 0 bridgehead atoms. The molecule has 1 aliphatic rings. The van der Waals surface area contributed by atoms with Gasteiger partial charge in [0.15, 0.2) is 6.17 Å². The van der Waals surface area contributed by atoms with Crippen molar-refractivity contribution in [3.05, 3.63) is 11.9 Å². The number of allylic oxidation sites excluding steroid dienone is 2. The Labute approximate surface area is 91.1 Å². The lowest BCUT2D eigenvalue weighted by Gasteiger charge is -2.26. The highest BCUT2D eigenvalue weighted by atomic mass is 19.2. The summed E-state index contributed by atoms with van der Waals surface area (Å²) in [5.41, 5.74) is 5.46. The topological polar surface area (TPSA) is 63.3 Å². The van der Waals surface area contributed by atoms with Crippen LogP contribution in [0.2, 0.25) is 0 Å². The molecule has 6 heteroatoms. The first-order valence-corrected chi connectivity index (χ1v) is 5.03. The summed E-state index contributed by atoms with van der Waals surface area (Å²) in [6.45, 7) is 0. The average Bonchev–Trinajstić information content (AvgIpc) is 2.12. The van der Waals surface area contributed by atoms with Crippen LogP contribution in [0, 0.1) is 5.92 Å². The van der Waals surface area contributed by atoms with E-state index in [2.05, 4.69) is 0 Å². The molecule has 16 heavy (non-hydrogen) atoms. The highest BCUT2D eigenvalue weighted by Gasteiger charge is 2.32. The summed E-state index contributed by atoms with van der Waals surface area (Å²) in [5, 5.41) is 8.45. The van der Waals surface area contributed by atoms with Crippen LogP contribution in [0.3, 0.4) is 0 Å². The Hall–Kier alpha value is -1.04. The fraction of sp³-hybridized carbons (Fsp3) is 0.700. The molecule has 0 saturated heterocycles. The van der Waals surface area contributed by atoms with Crippen LogP contribution in [-0.4, -0.2) is 29.5 Å². The van der Waals surface area contributed by atoms with Gasteiger partial charge in [0.05, 0.1) is 6.42 Å². The van der Waals surface area contributed by atoms with Crippen LogP contribution in [0.25, 0.3) is 0 Å². The minimum absolute atomic E-state index is 0.0394. The predicted octanol–water partition coefficient (Wildman–Crippen LogP) is 1.73. The molecule has 0 heterocycles. The van der Waals surface area contributed by atoms with Crippen molar-refractivity contribution in [2.45, 2.75) is 37.6 Å². The molecule has 4 atom stereocenters. The maximum atomic E-state index is 13.3. The summed E-state index contributed by atoms with van der Waals surface area (Å²) < 4.78 is 38.9. The molecule has 0 aromatic heterocycles. The van der Waals surface area contributed by atoms with E-state index in [-0.39, 0.29) is 19.3 Å². The standard InChI is InChI=1S/C10H14F3NO2/c11-7-4-9(13)8(12)2-5(7)1-6(14)3-10(15)16/h4-8H,1-3,14H2,(H,15,16)/t5?,6?,7-,8-/m0/s1. The Morgan fingerprint density at radius 2 is 2.25 bits per heavy atom. The van der Waals surface area contributed by atoms with Crippen molar-refractivity contribution in [3.63, 3.8) is 0 Å². The lowest BCUT2D eigenvalue weighted by Crippen LogP contribution is -2.33. The molecule has 0 saturated carbocycles. The molecule has 0 fully saturated rings. The Morgan fingerprint density at radius 1 is 1.62 bits per heavy atom. The van der Waals surface area contributed by atoms with Gasteiger partial charge in [0.25, 0.3) is 0 Å². The third-order valence-electron chi connectivity index (χ3n) is 2.62. The fourth-order valence-corrected chi connectivity index (χ4v) is 1.82. The maximum absolute atomic E-state index is 13.3. The van der Waals surface area contributed by atoms with Gasteiger partial charge >= 0.3 is 5.97 Å². The lowest BCUT2D eigenvalue weighted by atomic mass is 9.85. The van der Waals surface area contributed by atoms with E-state index < -0.39 is 36.1 Å². The normalized spacial score (nSPS) is 32.0. The van der Waals surface area contributed by atoms with Crippen LogP contribution in [0.15, 0.2) is 11.9 Å². The number of carboxylic acids is 1. The van der Waals surface area contributed by atoms with Gasteiger partial charge in [0, 0.05) is 6.04 Å². The molecular formula is C10H14F3NO2. The summed E-state index contributed by atoms with van der Waals surface area (Å²) in [4.78, 5) is 10.3. The van der Waals surface area contributed by atoms with E-state index in [0.29, 0.717) is 6.08 Å². The molecule has 2 unspecified atom stereocenters. The van der Waals surface area contributed by atoms with Crippen LogP contribution in [-0.2, 0) is 4.79 Å². The zero-order valence-corrected chi connectivity index (χ0v) is 8.57. The van der Waals surface area contributed by atoms with Gasteiger partial charge in [-0.1, -0.05) is 0 Å². The SMILES string of the molecule is NC(CC(=O)O)CC1C[C@H](F)C(F)=C[C@@H]1F. The molecular weight excluding hydrogens is 223 g/mol. The summed E-state index contributed by atoms with van der Waals surface area (Å²) >= 11 is 0. The van der Waals surface area contributed by atoms with Crippen LogP contribution in [0.5, 0.6) is 0 Å². The minimum Gasteiger partial charge on any atom is -0.481 e. The second kappa shape index (κ2) is 5.34. The molecule has 3 nitrogen and oxygen atoms in total. The number of carboxylic acid groups (broad SMARTS) is 1. The molecule has 92 valence electrons. The van der Waals surface area contributed by atoms with E-state index in [1.807, 2.05) is 0 Å². The molecule has 0 radical (unpaired) electrons. The second-order valence-electron chi connectivity index (χ2n) is 4.05. The second-order valence-corrected chi connectivity index (χ2v) is 4.05. The van der Waals surface area contributed by atoms with E-state index in [9.17, 15) is 18.0 Å². The lowest BCUT2D eigenvalue weighted by molar-refractivity contribution is -0.137. The van der Waals surface area contributed by atoms with Crippen molar-refractivity contribution in [2.75, 3.05) is 0 Å². The van der Waals surface area contributed by atoms with Crippen molar-refractivity contribution < 1.29 is 23.1 Å². The van der Waals surface area contributed by atoms with Crippen LogP contribution in [0.1, 0.15) is 19.3 Å². The summed E-state index contributed by atoms with van der Waals surface area (Å²) in [6, 6.07) is -0.734. The quantitative estimate of drug-likeness (QED) is 0.782. The van der Waals surface area contributed by atoms with Crippen molar-refractivity contribution in [3.8, 4) is 0 Å². The highest BCUT2D eigenvalue weighted by Crippen LogP contribution is 2.32. The Morgan fingerprint density at radius 3 is 2.81 bits per heavy atom.